The van der Waals surface area contributed by atoms with Crippen molar-refractivity contribution in [2.75, 3.05) is 7.11 Å². The van der Waals surface area contributed by atoms with Crippen LogP contribution in [-0.4, -0.2) is 43.0 Å². The number of aliphatic hydroxyl groups is 1. The Hall–Kier alpha value is -4.14. The number of esters is 1. The zero-order valence-corrected chi connectivity index (χ0v) is 20.0. The minimum absolute atomic E-state index is 0.0200. The number of benzene rings is 2. The van der Waals surface area contributed by atoms with Crippen LogP contribution in [0.4, 0.5) is 4.39 Å². The number of hydrogen-bond donors (Lipinski definition) is 2. The number of ether oxygens (including phenoxy) is 3. The molecule has 0 bridgehead atoms. The molecular formula is C26H29FN2O6. The van der Waals surface area contributed by atoms with Crippen molar-refractivity contribution in [2.24, 2.45) is 4.99 Å². The minimum Gasteiger partial charge on any atom is -0.503 e. The number of aliphatic hydroxyl groups excluding tert-OH is 1. The fourth-order valence-corrected chi connectivity index (χ4v) is 3.13. The van der Waals surface area contributed by atoms with E-state index in [1.807, 2.05) is 6.07 Å². The summed E-state index contributed by atoms with van der Waals surface area (Å²) in [6.07, 6.45) is -0.120. The summed E-state index contributed by atoms with van der Waals surface area (Å²) in [5, 5.41) is 12.6. The largest absolute Gasteiger partial charge is 0.503 e. The monoisotopic (exact) mass is 484 g/mol. The summed E-state index contributed by atoms with van der Waals surface area (Å²) in [7, 11) is 1.32. The van der Waals surface area contributed by atoms with Crippen LogP contribution in [0.25, 0.3) is 0 Å². The second kappa shape index (κ2) is 12.9. The van der Waals surface area contributed by atoms with Gasteiger partial charge in [0.1, 0.15) is 23.7 Å². The molecule has 0 aliphatic rings. The van der Waals surface area contributed by atoms with Crippen molar-refractivity contribution >= 4 is 18.6 Å². The van der Waals surface area contributed by atoms with Gasteiger partial charge in [-0.1, -0.05) is 30.3 Å². The number of nitrogens with one attached hydrogen (secondary N) is 1. The number of nitrogens with zero attached hydrogens (tertiary/aromatic N) is 1. The molecule has 2 N–H and O–H groups in total. The Labute approximate surface area is 203 Å². The zero-order chi connectivity index (χ0) is 26.0. The van der Waals surface area contributed by atoms with Crippen LogP contribution in [-0.2, 0) is 19.1 Å². The fourth-order valence-electron chi connectivity index (χ4n) is 3.13. The van der Waals surface area contributed by atoms with Crippen molar-refractivity contribution in [3.05, 3.63) is 89.3 Å². The molecule has 0 aliphatic carbocycles. The molecule has 2 aromatic carbocycles. The van der Waals surface area contributed by atoms with Gasteiger partial charge in [0.15, 0.2) is 23.3 Å². The van der Waals surface area contributed by atoms with Gasteiger partial charge >= 0.3 is 5.97 Å². The lowest BCUT2D eigenvalue weighted by molar-refractivity contribution is -0.156. The van der Waals surface area contributed by atoms with Gasteiger partial charge in [-0.25, -0.2) is 9.18 Å². The fraction of sp³-hybridized carbons (Fsp3) is 0.269. The van der Waals surface area contributed by atoms with Crippen LogP contribution in [0.3, 0.4) is 0 Å². The van der Waals surface area contributed by atoms with E-state index in [9.17, 15) is 19.1 Å². The second-order valence-electron chi connectivity index (χ2n) is 7.45. The summed E-state index contributed by atoms with van der Waals surface area (Å²) in [6, 6.07) is 13.5. The zero-order valence-electron chi connectivity index (χ0n) is 20.0. The lowest BCUT2D eigenvalue weighted by Crippen LogP contribution is -2.42. The van der Waals surface area contributed by atoms with Gasteiger partial charge in [-0.2, -0.15) is 0 Å². The summed E-state index contributed by atoms with van der Waals surface area (Å²) in [5.41, 5.74) is 0.181. The predicted octanol–water partition coefficient (Wildman–Crippen LogP) is 4.40. The van der Waals surface area contributed by atoms with Gasteiger partial charge in [0, 0.05) is 0 Å². The number of methoxy groups -OCH3 is 1. The number of para-hydroxylation sites is 1. The van der Waals surface area contributed by atoms with Gasteiger partial charge < -0.3 is 24.6 Å². The SMILES string of the molecule is C=N/C(C(=O)N[C@@H](C)C(=O)O[C@@H](C)[C@H](Oc1ccccc1)c1ccc(F)cc1)=C(O)\C(=C/C)OC. The molecule has 0 saturated carbocycles. The lowest BCUT2D eigenvalue weighted by Gasteiger charge is -2.27. The summed E-state index contributed by atoms with van der Waals surface area (Å²) in [4.78, 5) is 28.9. The van der Waals surface area contributed by atoms with Crippen LogP contribution >= 0.6 is 0 Å². The highest BCUT2D eigenvalue weighted by Crippen LogP contribution is 2.27. The maximum absolute atomic E-state index is 13.5. The molecule has 3 atom stereocenters. The van der Waals surface area contributed by atoms with Crippen molar-refractivity contribution < 1.29 is 33.3 Å². The van der Waals surface area contributed by atoms with Crippen molar-refractivity contribution in [2.45, 2.75) is 39.0 Å². The molecule has 2 rings (SSSR count). The molecule has 0 radical (unpaired) electrons. The third kappa shape index (κ3) is 7.43. The maximum Gasteiger partial charge on any atom is 0.328 e. The van der Waals surface area contributed by atoms with Crippen LogP contribution < -0.4 is 10.1 Å². The Morgan fingerprint density at radius 2 is 1.74 bits per heavy atom. The first kappa shape index (κ1) is 27.1. The molecule has 0 spiro atoms. The number of carbonyl (C=O) groups is 2. The van der Waals surface area contributed by atoms with Gasteiger partial charge in [-0.15, -0.1) is 0 Å². The summed E-state index contributed by atoms with van der Waals surface area (Å²) in [6.45, 7) is 7.93. The molecule has 0 saturated heterocycles. The number of aliphatic imine (C=N–C) groups is 1. The number of hydrogen-bond acceptors (Lipinski definition) is 7. The Kier molecular flexibility index (Phi) is 10.0. The van der Waals surface area contributed by atoms with Gasteiger partial charge in [-0.05, 0) is 63.4 Å². The predicted molar refractivity (Wildman–Crippen MR) is 129 cm³/mol. The number of amides is 1. The second-order valence-corrected chi connectivity index (χ2v) is 7.45. The number of rotatable bonds is 11. The van der Waals surface area contributed by atoms with E-state index in [1.165, 1.54) is 32.2 Å². The Morgan fingerprint density at radius 3 is 2.29 bits per heavy atom. The normalized spacial score (nSPS) is 14.6. The van der Waals surface area contributed by atoms with E-state index in [-0.39, 0.29) is 5.76 Å². The van der Waals surface area contributed by atoms with Crippen molar-refractivity contribution in [1.29, 1.82) is 0 Å². The molecule has 1 amide bonds. The molecule has 9 heteroatoms. The highest BCUT2D eigenvalue weighted by Gasteiger charge is 2.29. The third-order valence-corrected chi connectivity index (χ3v) is 4.95. The standard InChI is InChI=1S/C26H29FN2O6/c1-6-21(33-5)23(30)22(28-4)25(31)29-16(2)26(32)34-17(3)24(18-12-14-19(27)15-13-18)35-20-10-8-7-9-11-20/h6-17,24,30H,4H2,1-3,5H3,(H,29,31)/b21-6+,23-22+/t16-,17-,24-/m0/s1. The Bertz CT molecular complexity index is 1080. The van der Waals surface area contributed by atoms with Crippen LogP contribution in [0.15, 0.2) is 82.9 Å². The van der Waals surface area contributed by atoms with E-state index in [0.29, 0.717) is 11.3 Å². The lowest BCUT2D eigenvalue weighted by atomic mass is 10.0. The smallest absolute Gasteiger partial charge is 0.328 e. The van der Waals surface area contributed by atoms with Crippen LogP contribution in [0, 0.1) is 5.82 Å². The Morgan fingerprint density at radius 1 is 1.11 bits per heavy atom. The minimum atomic E-state index is -1.10. The molecule has 0 aromatic heterocycles. The summed E-state index contributed by atoms with van der Waals surface area (Å²) in [5.74, 6) is -1.98. The molecule has 0 heterocycles. The quantitative estimate of drug-likeness (QED) is 0.161. The average molecular weight is 485 g/mol. The van der Waals surface area contributed by atoms with E-state index in [2.05, 4.69) is 17.0 Å². The van der Waals surface area contributed by atoms with Gasteiger partial charge in [0.05, 0.1) is 7.11 Å². The highest BCUT2D eigenvalue weighted by atomic mass is 19.1. The van der Waals surface area contributed by atoms with E-state index in [4.69, 9.17) is 14.2 Å². The molecule has 0 fully saturated rings. The van der Waals surface area contributed by atoms with E-state index in [1.54, 1.807) is 50.2 Å². The summed E-state index contributed by atoms with van der Waals surface area (Å²) < 4.78 is 30.0. The molecule has 8 nitrogen and oxygen atoms in total. The maximum atomic E-state index is 13.5. The molecule has 35 heavy (non-hydrogen) atoms. The van der Waals surface area contributed by atoms with E-state index in [0.717, 1.165) is 0 Å². The number of carbonyl (C=O) groups excluding carboxylic acids is 2. The molecular weight excluding hydrogens is 455 g/mol. The third-order valence-electron chi connectivity index (χ3n) is 4.95. The number of allylic oxidation sites excluding steroid dienone is 1. The van der Waals surface area contributed by atoms with Crippen LogP contribution in [0.5, 0.6) is 5.75 Å². The average Bonchev–Trinajstić information content (AvgIpc) is 2.85. The molecule has 2 aromatic rings. The Balaban J connectivity index is 2.17. The van der Waals surface area contributed by atoms with E-state index < -0.39 is 47.4 Å². The molecule has 186 valence electrons. The van der Waals surface area contributed by atoms with Crippen molar-refractivity contribution in [3.63, 3.8) is 0 Å². The highest BCUT2D eigenvalue weighted by molar-refractivity contribution is 5.97. The van der Waals surface area contributed by atoms with Gasteiger partial charge in [0.2, 0.25) is 0 Å². The first-order chi connectivity index (χ1) is 16.7. The molecule has 0 aliphatic heterocycles. The van der Waals surface area contributed by atoms with Gasteiger partial charge in [-0.3, -0.25) is 9.79 Å². The van der Waals surface area contributed by atoms with Crippen LogP contribution in [0.1, 0.15) is 32.4 Å². The number of halogens is 1. The summed E-state index contributed by atoms with van der Waals surface area (Å²) >= 11 is 0. The van der Waals surface area contributed by atoms with Crippen LogP contribution in [0.2, 0.25) is 0 Å². The molecule has 0 unspecified atom stereocenters. The van der Waals surface area contributed by atoms with Crippen molar-refractivity contribution in [1.82, 2.24) is 5.32 Å². The van der Waals surface area contributed by atoms with Crippen molar-refractivity contribution in [3.8, 4) is 5.75 Å². The van der Waals surface area contributed by atoms with E-state index >= 15 is 0 Å². The first-order valence-electron chi connectivity index (χ1n) is 10.8. The van der Waals surface area contributed by atoms with Gasteiger partial charge in [0.25, 0.3) is 5.91 Å². The topological polar surface area (TPSA) is 106 Å². The first-order valence-corrected chi connectivity index (χ1v) is 10.8.